The minimum atomic E-state index is -0.306. The van der Waals surface area contributed by atoms with Gasteiger partial charge in [0.25, 0.3) is 0 Å². The van der Waals surface area contributed by atoms with Crippen LogP contribution in [0.15, 0.2) is 0 Å². The van der Waals surface area contributed by atoms with Crippen LogP contribution < -0.4 is 5.73 Å². The Morgan fingerprint density at radius 1 is 1.73 bits per heavy atom. The molecule has 3 heteroatoms. The first kappa shape index (κ1) is 9.36. The molecule has 1 heterocycles. The fourth-order valence-electron chi connectivity index (χ4n) is 1.72. The third-order valence-electron chi connectivity index (χ3n) is 2.50. The van der Waals surface area contributed by atoms with E-state index in [1.807, 2.05) is 11.8 Å². The van der Waals surface area contributed by atoms with E-state index in [1.54, 1.807) is 0 Å². The molecule has 1 unspecified atom stereocenters. The zero-order valence-corrected chi connectivity index (χ0v) is 8.03. The van der Waals surface area contributed by atoms with Crippen LogP contribution in [-0.4, -0.2) is 28.3 Å². The van der Waals surface area contributed by atoms with Crippen molar-refractivity contribution >= 4 is 11.8 Å². The molecular formula is C8H17NOS. The molecule has 0 saturated carbocycles. The van der Waals surface area contributed by atoms with Crippen molar-refractivity contribution in [3.8, 4) is 0 Å². The lowest BCUT2D eigenvalue weighted by Crippen LogP contribution is -2.37. The summed E-state index contributed by atoms with van der Waals surface area (Å²) in [6.07, 6.45) is 0.802. The molecule has 1 aliphatic rings. The summed E-state index contributed by atoms with van der Waals surface area (Å²) in [4.78, 5) is 0. The molecule has 0 spiro atoms. The predicted octanol–water partition coefficient (Wildman–Crippen LogP) is 0.838. The summed E-state index contributed by atoms with van der Waals surface area (Å²) in [5.74, 6) is 1.55. The normalized spacial score (nSPS) is 32.2. The molecule has 0 radical (unpaired) electrons. The number of nitrogens with two attached hydrogens (primary N) is 1. The van der Waals surface area contributed by atoms with Crippen molar-refractivity contribution in [2.75, 3.05) is 12.3 Å². The molecule has 11 heavy (non-hydrogen) atoms. The summed E-state index contributed by atoms with van der Waals surface area (Å²) in [5, 5.41) is 9.55. The minimum Gasteiger partial charge on any atom is -0.391 e. The molecule has 0 aromatic heterocycles. The Hall–Kier alpha value is 0.270. The van der Waals surface area contributed by atoms with Crippen molar-refractivity contribution in [3.05, 3.63) is 0 Å². The molecule has 0 aromatic carbocycles. The molecule has 0 aromatic rings. The summed E-state index contributed by atoms with van der Waals surface area (Å²) in [6.45, 7) is 4.77. The first-order valence-corrected chi connectivity index (χ1v) is 5.08. The van der Waals surface area contributed by atoms with Crippen LogP contribution in [0.4, 0.5) is 0 Å². The highest BCUT2D eigenvalue weighted by Crippen LogP contribution is 2.43. The van der Waals surface area contributed by atoms with E-state index in [-0.39, 0.29) is 10.9 Å². The maximum Gasteiger partial charge on any atom is 0.0703 e. The predicted molar refractivity (Wildman–Crippen MR) is 49.7 cm³/mol. The number of hydrogen-bond donors (Lipinski definition) is 2. The maximum atomic E-state index is 9.55. The molecule has 66 valence electrons. The van der Waals surface area contributed by atoms with Gasteiger partial charge in [-0.3, -0.25) is 0 Å². The molecule has 3 N–H and O–H groups in total. The molecular weight excluding hydrogens is 158 g/mol. The fraction of sp³-hybridized carbons (Fsp3) is 1.00. The van der Waals surface area contributed by atoms with E-state index >= 15 is 0 Å². The smallest absolute Gasteiger partial charge is 0.0703 e. The molecule has 1 fully saturated rings. The first-order valence-electron chi connectivity index (χ1n) is 4.10. The number of rotatable bonds is 2. The van der Waals surface area contributed by atoms with Crippen molar-refractivity contribution < 1.29 is 5.11 Å². The van der Waals surface area contributed by atoms with Gasteiger partial charge >= 0.3 is 0 Å². The van der Waals surface area contributed by atoms with Gasteiger partial charge in [-0.15, -0.1) is 0 Å². The van der Waals surface area contributed by atoms with Crippen LogP contribution in [0, 0.1) is 5.92 Å². The van der Waals surface area contributed by atoms with E-state index in [9.17, 15) is 5.11 Å². The van der Waals surface area contributed by atoms with E-state index in [0.717, 1.165) is 12.2 Å². The highest BCUT2D eigenvalue weighted by molar-refractivity contribution is 8.00. The van der Waals surface area contributed by atoms with Gasteiger partial charge in [-0.05, 0) is 12.2 Å². The quantitative estimate of drug-likeness (QED) is 0.653. The fourth-order valence-corrected chi connectivity index (χ4v) is 3.11. The van der Waals surface area contributed by atoms with Crippen molar-refractivity contribution in [2.24, 2.45) is 11.7 Å². The van der Waals surface area contributed by atoms with E-state index < -0.39 is 0 Å². The number of aliphatic hydroxyl groups excluding tert-OH is 1. The summed E-state index contributed by atoms with van der Waals surface area (Å²) < 4.78 is 0.221. The highest BCUT2D eigenvalue weighted by atomic mass is 32.2. The third-order valence-corrected chi connectivity index (χ3v) is 3.99. The third kappa shape index (κ3) is 1.89. The second-order valence-electron chi connectivity index (χ2n) is 3.65. The van der Waals surface area contributed by atoms with Gasteiger partial charge in [0.2, 0.25) is 0 Å². The lowest BCUT2D eigenvalue weighted by atomic mass is 9.87. The van der Waals surface area contributed by atoms with Crippen molar-refractivity contribution in [2.45, 2.75) is 31.1 Å². The van der Waals surface area contributed by atoms with Crippen LogP contribution in [-0.2, 0) is 0 Å². The van der Waals surface area contributed by atoms with Gasteiger partial charge in [0, 0.05) is 17.2 Å². The average molecular weight is 175 g/mol. The molecule has 2 nitrogen and oxygen atoms in total. The molecule has 0 aliphatic carbocycles. The van der Waals surface area contributed by atoms with E-state index in [4.69, 9.17) is 5.73 Å². The lowest BCUT2D eigenvalue weighted by molar-refractivity contribution is 0.101. The van der Waals surface area contributed by atoms with Gasteiger partial charge in [0.15, 0.2) is 0 Å². The number of aliphatic hydroxyl groups is 1. The van der Waals surface area contributed by atoms with Gasteiger partial charge < -0.3 is 10.8 Å². The van der Waals surface area contributed by atoms with Gasteiger partial charge in [-0.25, -0.2) is 0 Å². The monoisotopic (exact) mass is 175 g/mol. The molecule has 1 aliphatic heterocycles. The van der Waals surface area contributed by atoms with Crippen molar-refractivity contribution in [1.29, 1.82) is 0 Å². The second kappa shape index (κ2) is 3.33. The summed E-state index contributed by atoms with van der Waals surface area (Å²) in [6, 6.07) is 0. The Kier molecular flexibility index (Phi) is 2.84. The minimum absolute atomic E-state index is 0.221. The van der Waals surface area contributed by atoms with Gasteiger partial charge in [-0.2, -0.15) is 11.8 Å². The molecule has 1 rings (SSSR count). The van der Waals surface area contributed by atoms with Gasteiger partial charge in [0.1, 0.15) is 0 Å². The van der Waals surface area contributed by atoms with Gasteiger partial charge in [-0.1, -0.05) is 13.8 Å². The Morgan fingerprint density at radius 2 is 2.36 bits per heavy atom. The first-order chi connectivity index (χ1) is 5.08. The van der Waals surface area contributed by atoms with Crippen LogP contribution in [0.3, 0.4) is 0 Å². The average Bonchev–Trinajstić information content (AvgIpc) is 2.28. The maximum absolute atomic E-state index is 9.55. The highest BCUT2D eigenvalue weighted by Gasteiger charge is 2.38. The summed E-state index contributed by atoms with van der Waals surface area (Å²) in [5.41, 5.74) is 5.41. The van der Waals surface area contributed by atoms with Crippen LogP contribution in [0.25, 0.3) is 0 Å². The SMILES string of the molecule is CC1(C)SCCC1[C@H](O)CN. The van der Waals surface area contributed by atoms with E-state index in [1.165, 1.54) is 0 Å². The standard InChI is InChI=1S/C8H17NOS/c1-8(2)6(3-4-11-8)7(10)5-9/h6-7,10H,3-5,9H2,1-2H3/t6?,7-/m1/s1. The Morgan fingerprint density at radius 3 is 2.73 bits per heavy atom. The van der Waals surface area contributed by atoms with Crippen LogP contribution >= 0.6 is 11.8 Å². The molecule has 2 atom stereocenters. The molecule has 0 amide bonds. The zero-order chi connectivity index (χ0) is 8.48. The molecule has 1 saturated heterocycles. The van der Waals surface area contributed by atoms with Crippen molar-refractivity contribution in [1.82, 2.24) is 0 Å². The van der Waals surface area contributed by atoms with Gasteiger partial charge in [0.05, 0.1) is 6.10 Å². The summed E-state index contributed by atoms with van der Waals surface area (Å²) >= 11 is 1.94. The second-order valence-corrected chi connectivity index (χ2v) is 5.40. The Balaban J connectivity index is 2.57. The lowest BCUT2D eigenvalue weighted by Gasteiger charge is -2.29. The number of hydrogen-bond acceptors (Lipinski definition) is 3. The topological polar surface area (TPSA) is 46.2 Å². The van der Waals surface area contributed by atoms with E-state index in [2.05, 4.69) is 13.8 Å². The van der Waals surface area contributed by atoms with Crippen LogP contribution in [0.2, 0.25) is 0 Å². The van der Waals surface area contributed by atoms with Crippen LogP contribution in [0.5, 0.6) is 0 Å². The van der Waals surface area contributed by atoms with Crippen molar-refractivity contribution in [3.63, 3.8) is 0 Å². The Labute approximate surface area is 72.5 Å². The van der Waals surface area contributed by atoms with Crippen LogP contribution in [0.1, 0.15) is 20.3 Å². The number of thioether (sulfide) groups is 1. The molecule has 0 bridgehead atoms. The Bertz CT molecular complexity index is 138. The zero-order valence-electron chi connectivity index (χ0n) is 7.21. The largest absolute Gasteiger partial charge is 0.391 e. The summed E-state index contributed by atoms with van der Waals surface area (Å²) in [7, 11) is 0. The van der Waals surface area contributed by atoms with E-state index in [0.29, 0.717) is 12.5 Å².